The van der Waals surface area contributed by atoms with Crippen LogP contribution >= 0.6 is 0 Å². The Labute approximate surface area is 171 Å². The third kappa shape index (κ3) is 4.58. The fraction of sp³-hybridized carbons (Fsp3) is 0.350. The highest BCUT2D eigenvalue weighted by molar-refractivity contribution is 7.80. The molecule has 1 aliphatic heterocycles. The highest BCUT2D eigenvalue weighted by Crippen LogP contribution is 2.36. The lowest BCUT2D eigenvalue weighted by Gasteiger charge is -2.41. The van der Waals surface area contributed by atoms with Crippen molar-refractivity contribution in [3.63, 3.8) is 0 Å². The molecule has 1 saturated heterocycles. The highest BCUT2D eigenvalue weighted by atomic mass is 32.2. The molecule has 0 saturated carbocycles. The number of amides is 1. The van der Waals surface area contributed by atoms with Gasteiger partial charge in [-0.05, 0) is 42.7 Å². The number of hydrogen-bond donors (Lipinski definition) is 3. The van der Waals surface area contributed by atoms with Crippen LogP contribution in [0.4, 0.5) is 4.39 Å². The Balaban J connectivity index is 1.85. The third-order valence-corrected chi connectivity index (χ3v) is 6.28. The van der Waals surface area contributed by atoms with E-state index in [1.165, 1.54) is 25.3 Å². The SMILES string of the molecule is COc1cccc(O)c1C(=O)NCC1(c2cccc(F)c2)CCN(S(N)=O)CC1. The smallest absolute Gasteiger partial charge is 0.258 e. The average molecular weight is 421 g/mol. The number of halogens is 1. The number of nitrogens with two attached hydrogens (primary N) is 1. The van der Waals surface area contributed by atoms with Gasteiger partial charge in [-0.15, -0.1) is 0 Å². The monoisotopic (exact) mass is 421 g/mol. The summed E-state index contributed by atoms with van der Waals surface area (Å²) in [5, 5.41) is 18.5. The molecule has 1 amide bonds. The van der Waals surface area contributed by atoms with Crippen LogP contribution in [0.15, 0.2) is 42.5 Å². The minimum atomic E-state index is -1.57. The molecular weight excluding hydrogens is 397 g/mol. The molecule has 1 heterocycles. The van der Waals surface area contributed by atoms with Gasteiger partial charge in [0.15, 0.2) is 11.2 Å². The molecule has 0 aromatic heterocycles. The maximum Gasteiger partial charge on any atom is 0.258 e. The Kier molecular flexibility index (Phi) is 6.51. The fourth-order valence-corrected chi connectivity index (χ4v) is 4.28. The van der Waals surface area contributed by atoms with E-state index in [1.54, 1.807) is 22.5 Å². The molecule has 156 valence electrons. The predicted octanol–water partition coefficient (Wildman–Crippen LogP) is 1.84. The van der Waals surface area contributed by atoms with E-state index in [9.17, 15) is 18.5 Å². The van der Waals surface area contributed by atoms with Gasteiger partial charge in [0.05, 0.1) is 7.11 Å². The van der Waals surface area contributed by atoms with Crippen molar-refractivity contribution in [2.45, 2.75) is 18.3 Å². The fourth-order valence-electron chi connectivity index (χ4n) is 3.74. The normalized spacial score (nSPS) is 17.5. The first kappa shape index (κ1) is 21.2. The van der Waals surface area contributed by atoms with Crippen LogP contribution < -0.4 is 15.2 Å². The zero-order valence-electron chi connectivity index (χ0n) is 16.1. The highest BCUT2D eigenvalue weighted by Gasteiger charge is 2.38. The number of hydrogen-bond acceptors (Lipinski definition) is 4. The van der Waals surface area contributed by atoms with Crippen LogP contribution in [-0.4, -0.2) is 46.3 Å². The van der Waals surface area contributed by atoms with E-state index >= 15 is 0 Å². The van der Waals surface area contributed by atoms with E-state index in [2.05, 4.69) is 5.32 Å². The van der Waals surface area contributed by atoms with E-state index in [1.807, 2.05) is 6.07 Å². The summed E-state index contributed by atoms with van der Waals surface area (Å²) in [4.78, 5) is 12.8. The molecule has 0 spiro atoms. The molecule has 0 bridgehead atoms. The summed E-state index contributed by atoms with van der Waals surface area (Å²) in [7, 11) is 1.42. The van der Waals surface area contributed by atoms with Crippen molar-refractivity contribution < 1.29 is 23.2 Å². The second-order valence-corrected chi connectivity index (χ2v) is 8.10. The first-order chi connectivity index (χ1) is 13.9. The molecule has 1 unspecified atom stereocenters. The first-order valence-electron chi connectivity index (χ1n) is 9.18. The van der Waals surface area contributed by atoms with Crippen molar-refractivity contribution in [1.29, 1.82) is 0 Å². The number of nitrogens with zero attached hydrogens (tertiary/aromatic N) is 1. The summed E-state index contributed by atoms with van der Waals surface area (Å²) in [6, 6.07) is 10.9. The van der Waals surface area contributed by atoms with Gasteiger partial charge in [0, 0.05) is 25.0 Å². The van der Waals surface area contributed by atoms with Crippen LogP contribution in [0.5, 0.6) is 11.5 Å². The lowest BCUT2D eigenvalue weighted by molar-refractivity contribution is 0.0927. The van der Waals surface area contributed by atoms with Gasteiger partial charge in [0.1, 0.15) is 22.9 Å². The minimum Gasteiger partial charge on any atom is -0.507 e. The van der Waals surface area contributed by atoms with Crippen molar-refractivity contribution in [2.24, 2.45) is 5.14 Å². The molecule has 2 aromatic rings. The van der Waals surface area contributed by atoms with E-state index in [4.69, 9.17) is 9.88 Å². The quantitative estimate of drug-likeness (QED) is 0.662. The van der Waals surface area contributed by atoms with Crippen LogP contribution in [0, 0.1) is 5.82 Å². The van der Waals surface area contributed by atoms with Crippen molar-refractivity contribution in [3.05, 3.63) is 59.4 Å². The summed E-state index contributed by atoms with van der Waals surface area (Å²) in [6.45, 7) is 1.13. The topological polar surface area (TPSA) is 105 Å². The largest absolute Gasteiger partial charge is 0.507 e. The number of piperidine rings is 1. The average Bonchev–Trinajstić information content (AvgIpc) is 2.72. The molecule has 7 nitrogen and oxygen atoms in total. The summed E-state index contributed by atoms with van der Waals surface area (Å²) in [6.07, 6.45) is 1.08. The van der Waals surface area contributed by atoms with Crippen molar-refractivity contribution in [1.82, 2.24) is 9.62 Å². The molecule has 1 atom stereocenters. The molecule has 1 fully saturated rings. The first-order valence-corrected chi connectivity index (χ1v) is 10.3. The molecular formula is C20H24FN3O4S. The third-order valence-electron chi connectivity index (χ3n) is 5.41. The summed E-state index contributed by atoms with van der Waals surface area (Å²) in [5.41, 5.74) is 0.250. The number of benzene rings is 2. The second-order valence-electron chi connectivity index (χ2n) is 7.03. The molecule has 29 heavy (non-hydrogen) atoms. The Bertz CT molecular complexity index is 916. The number of phenols is 1. The Morgan fingerprint density at radius 2 is 2.00 bits per heavy atom. The molecule has 1 aliphatic rings. The lowest BCUT2D eigenvalue weighted by atomic mass is 9.73. The van der Waals surface area contributed by atoms with Gasteiger partial charge in [-0.1, -0.05) is 18.2 Å². The van der Waals surface area contributed by atoms with Crippen molar-refractivity contribution in [3.8, 4) is 11.5 Å². The Morgan fingerprint density at radius 1 is 1.31 bits per heavy atom. The van der Waals surface area contributed by atoms with Crippen molar-refractivity contribution in [2.75, 3.05) is 26.7 Å². The molecule has 3 rings (SSSR count). The zero-order chi connectivity index (χ0) is 21.0. The maximum atomic E-state index is 13.9. The summed E-state index contributed by atoms with van der Waals surface area (Å²) < 4.78 is 32.3. The Hall–Kier alpha value is -2.49. The number of rotatable bonds is 6. The van der Waals surface area contributed by atoms with Gasteiger partial charge >= 0.3 is 0 Å². The molecule has 0 aliphatic carbocycles. The molecule has 4 N–H and O–H groups in total. The van der Waals surface area contributed by atoms with Crippen LogP contribution in [0.1, 0.15) is 28.8 Å². The second kappa shape index (κ2) is 8.89. The number of nitrogens with one attached hydrogen (secondary N) is 1. The number of carbonyl (C=O) groups is 1. The van der Waals surface area contributed by atoms with Gasteiger partial charge in [-0.3, -0.25) is 4.79 Å². The standard InChI is InChI=1S/C20H24FN3O4S/c1-28-17-7-3-6-16(25)18(17)19(26)23-13-20(14-4-2-5-15(21)12-14)8-10-24(11-9-20)29(22)27/h2-7,12,25H,8-11,13,22H2,1H3,(H,23,26). The predicted molar refractivity (Wildman–Crippen MR) is 108 cm³/mol. The molecule has 9 heteroatoms. The van der Waals surface area contributed by atoms with E-state index < -0.39 is 22.5 Å². The van der Waals surface area contributed by atoms with Crippen molar-refractivity contribution >= 4 is 17.1 Å². The van der Waals surface area contributed by atoms with Crippen LogP contribution in [0.2, 0.25) is 0 Å². The Morgan fingerprint density at radius 3 is 2.62 bits per heavy atom. The number of aromatic hydroxyl groups is 1. The van der Waals surface area contributed by atoms with Crippen LogP contribution in [-0.2, 0) is 16.6 Å². The zero-order valence-corrected chi connectivity index (χ0v) is 16.9. The summed E-state index contributed by atoms with van der Waals surface area (Å²) in [5.74, 6) is -0.772. The number of methoxy groups -OCH3 is 1. The number of carbonyl (C=O) groups excluding carboxylic acids is 1. The number of phenolic OH excluding ortho intramolecular Hbond substituents is 1. The summed E-state index contributed by atoms with van der Waals surface area (Å²) >= 11 is -1.57. The van der Waals surface area contributed by atoms with E-state index in [0.29, 0.717) is 25.9 Å². The molecule has 2 aromatic carbocycles. The van der Waals surface area contributed by atoms with Gasteiger partial charge in [0.25, 0.3) is 5.91 Å². The van der Waals surface area contributed by atoms with E-state index in [0.717, 1.165) is 5.56 Å². The maximum absolute atomic E-state index is 13.9. The van der Waals surface area contributed by atoms with Gasteiger partial charge < -0.3 is 15.2 Å². The van der Waals surface area contributed by atoms with Gasteiger partial charge in [0.2, 0.25) is 0 Å². The van der Waals surface area contributed by atoms with Crippen LogP contribution in [0.3, 0.4) is 0 Å². The minimum absolute atomic E-state index is 0.0462. The van der Waals surface area contributed by atoms with Gasteiger partial charge in [-0.2, -0.15) is 0 Å². The molecule has 0 radical (unpaired) electrons. The lowest BCUT2D eigenvalue weighted by Crippen LogP contribution is -2.50. The van der Waals surface area contributed by atoms with E-state index in [-0.39, 0.29) is 29.4 Å². The number of ether oxygens (including phenoxy) is 1. The van der Waals surface area contributed by atoms with Crippen LogP contribution in [0.25, 0.3) is 0 Å². The van der Waals surface area contributed by atoms with Gasteiger partial charge in [-0.25, -0.2) is 18.0 Å².